The topological polar surface area (TPSA) is 0 Å². The van der Waals surface area contributed by atoms with Gasteiger partial charge in [0.15, 0.2) is 0 Å². The zero-order valence-electron chi connectivity index (χ0n) is 19.4. The van der Waals surface area contributed by atoms with Crippen molar-refractivity contribution in [2.45, 2.75) is 38.8 Å². The first-order valence-electron chi connectivity index (χ1n) is 11.5. The van der Waals surface area contributed by atoms with Crippen molar-refractivity contribution in [1.29, 1.82) is 0 Å². The zero-order valence-corrected chi connectivity index (χ0v) is 19.4. The third-order valence-electron chi connectivity index (χ3n) is 6.01. The lowest BCUT2D eigenvalue weighted by Gasteiger charge is -2.11. The first-order chi connectivity index (χ1) is 17.1. The van der Waals surface area contributed by atoms with Crippen LogP contribution in [0.5, 0.6) is 0 Å². The van der Waals surface area contributed by atoms with E-state index in [-0.39, 0.29) is 18.4 Å². The van der Waals surface area contributed by atoms with Crippen molar-refractivity contribution in [3.05, 3.63) is 118 Å². The minimum atomic E-state index is -4.72. The Kier molecular flexibility index (Phi) is 7.40. The zero-order chi connectivity index (χ0) is 25.9. The Balaban J connectivity index is 1.50. The van der Waals surface area contributed by atoms with Crippen LogP contribution in [-0.2, 0) is 25.7 Å². The summed E-state index contributed by atoms with van der Waals surface area (Å²) in [4.78, 5) is 0. The van der Waals surface area contributed by atoms with Gasteiger partial charge in [0, 0.05) is 22.1 Å². The van der Waals surface area contributed by atoms with Crippen molar-refractivity contribution in [1.82, 2.24) is 0 Å². The molecule has 0 radical (unpaired) electrons. The monoisotopic (exact) mass is 496 g/mol. The molecule has 184 valence electrons. The molecular weight excluding hydrogens is 474 g/mol. The summed E-state index contributed by atoms with van der Waals surface area (Å²) in [6.45, 7) is 2.08. The highest BCUT2D eigenvalue weighted by Gasteiger charge is 2.31. The lowest BCUT2D eigenvalue weighted by atomic mass is 9.98. The number of fused-ring (bicyclic) bond motifs is 1. The molecule has 0 saturated carbocycles. The fourth-order valence-corrected chi connectivity index (χ4v) is 4.02. The second kappa shape index (κ2) is 10.5. The minimum absolute atomic E-state index is 0.0724. The average Bonchev–Trinajstić information content (AvgIpc) is 2.84. The van der Waals surface area contributed by atoms with Crippen molar-refractivity contribution >= 4 is 10.8 Å². The number of aryl methyl sites for hydroxylation is 3. The van der Waals surface area contributed by atoms with Crippen LogP contribution >= 0.6 is 0 Å². The molecule has 0 atom stereocenters. The Morgan fingerprint density at radius 3 is 1.97 bits per heavy atom. The molecule has 0 bridgehead atoms. The fraction of sp³-hybridized carbons (Fsp3) is 0.200. The smallest absolute Gasteiger partial charge is 0.207 e. The summed E-state index contributed by atoms with van der Waals surface area (Å²) in [5.41, 5.74) is 2.34. The SMILES string of the molecule is CCc1ccc(C#Cc2ccc3c(F)c(CCc4cc(F)c(CC(F)(F)F)c(F)c4)ccc3c2)cc1. The van der Waals surface area contributed by atoms with E-state index in [1.54, 1.807) is 30.3 Å². The van der Waals surface area contributed by atoms with Crippen molar-refractivity contribution in [3.8, 4) is 11.8 Å². The molecule has 0 aromatic heterocycles. The van der Waals surface area contributed by atoms with Crippen molar-refractivity contribution in [3.63, 3.8) is 0 Å². The van der Waals surface area contributed by atoms with E-state index < -0.39 is 35.6 Å². The molecule has 0 aliphatic heterocycles. The summed E-state index contributed by atoms with van der Waals surface area (Å²) in [5.74, 6) is 3.23. The highest BCUT2D eigenvalue weighted by Crippen LogP contribution is 2.27. The minimum Gasteiger partial charge on any atom is -0.207 e. The van der Waals surface area contributed by atoms with Crippen LogP contribution in [0, 0.1) is 29.3 Å². The molecule has 4 rings (SSSR count). The van der Waals surface area contributed by atoms with Crippen LogP contribution in [0.15, 0.2) is 66.7 Å². The molecule has 0 aliphatic rings. The molecule has 0 spiro atoms. The van der Waals surface area contributed by atoms with Crippen molar-refractivity contribution in [2.24, 2.45) is 0 Å². The summed E-state index contributed by atoms with van der Waals surface area (Å²) < 4.78 is 80.9. The van der Waals surface area contributed by atoms with Gasteiger partial charge < -0.3 is 0 Å². The maximum absolute atomic E-state index is 15.1. The summed E-state index contributed by atoms with van der Waals surface area (Å²) in [7, 11) is 0. The van der Waals surface area contributed by atoms with Crippen LogP contribution in [0.25, 0.3) is 10.8 Å². The van der Waals surface area contributed by atoms with Crippen molar-refractivity contribution < 1.29 is 26.3 Å². The van der Waals surface area contributed by atoms with Gasteiger partial charge in [0.05, 0.1) is 6.42 Å². The van der Waals surface area contributed by atoms with Gasteiger partial charge in [-0.05, 0) is 77.7 Å². The van der Waals surface area contributed by atoms with E-state index in [9.17, 15) is 22.0 Å². The van der Waals surface area contributed by atoms with E-state index in [1.165, 1.54) is 5.56 Å². The van der Waals surface area contributed by atoms with E-state index in [1.807, 2.05) is 24.3 Å². The van der Waals surface area contributed by atoms with Gasteiger partial charge in [0.25, 0.3) is 0 Å². The van der Waals surface area contributed by atoms with E-state index in [0.717, 1.165) is 29.7 Å². The predicted octanol–water partition coefficient (Wildman–Crippen LogP) is 8.11. The maximum atomic E-state index is 15.1. The Morgan fingerprint density at radius 1 is 0.694 bits per heavy atom. The largest absolute Gasteiger partial charge is 0.393 e. The molecule has 4 aromatic carbocycles. The molecule has 0 N–H and O–H groups in total. The highest BCUT2D eigenvalue weighted by molar-refractivity contribution is 5.85. The van der Waals surface area contributed by atoms with E-state index in [2.05, 4.69) is 18.8 Å². The number of alkyl halides is 3. The summed E-state index contributed by atoms with van der Waals surface area (Å²) in [6, 6.07) is 18.2. The van der Waals surface area contributed by atoms with E-state index in [0.29, 0.717) is 16.3 Å². The lowest BCUT2D eigenvalue weighted by molar-refractivity contribution is -0.128. The number of rotatable bonds is 5. The average molecular weight is 496 g/mol. The standard InChI is InChI=1S/C30H22F6/c1-2-19-3-5-20(6-4-19)7-8-21-10-14-25-24(15-21)13-12-23(29(25)33)11-9-22-16-27(31)26(28(32)17-22)18-30(34,35)36/h3-6,10,12-17H,2,9,11,18H2,1H3. The van der Waals surface area contributed by atoms with Crippen LogP contribution in [0.1, 0.15) is 40.3 Å². The Morgan fingerprint density at radius 2 is 1.33 bits per heavy atom. The molecule has 0 unspecified atom stereocenters. The molecular formula is C30H22F6. The van der Waals surface area contributed by atoms with Crippen LogP contribution in [0.3, 0.4) is 0 Å². The molecule has 0 aliphatic carbocycles. The third kappa shape index (κ3) is 6.09. The molecule has 0 amide bonds. The van der Waals surface area contributed by atoms with Gasteiger partial charge in [0.1, 0.15) is 17.5 Å². The van der Waals surface area contributed by atoms with Crippen LogP contribution in [0.2, 0.25) is 0 Å². The first-order valence-corrected chi connectivity index (χ1v) is 11.5. The summed E-state index contributed by atoms with van der Waals surface area (Å²) in [6.07, 6.45) is -5.24. The maximum Gasteiger partial charge on any atom is 0.393 e. The fourth-order valence-electron chi connectivity index (χ4n) is 4.02. The second-order valence-electron chi connectivity index (χ2n) is 8.61. The van der Waals surface area contributed by atoms with Crippen molar-refractivity contribution in [2.75, 3.05) is 0 Å². The van der Waals surface area contributed by atoms with Gasteiger partial charge in [-0.2, -0.15) is 13.2 Å². The first kappa shape index (κ1) is 25.4. The Hall–Kier alpha value is -3.72. The molecule has 4 aromatic rings. The number of benzene rings is 4. The van der Waals surface area contributed by atoms with Gasteiger partial charge >= 0.3 is 6.18 Å². The highest BCUT2D eigenvalue weighted by atomic mass is 19.4. The Bertz CT molecular complexity index is 1430. The summed E-state index contributed by atoms with van der Waals surface area (Å²) in [5, 5.41) is 1.06. The quantitative estimate of drug-likeness (QED) is 0.193. The number of hydrogen-bond donors (Lipinski definition) is 0. The van der Waals surface area contributed by atoms with E-state index >= 15 is 4.39 Å². The Labute approximate surface area is 205 Å². The molecule has 0 fully saturated rings. The predicted molar refractivity (Wildman–Crippen MR) is 129 cm³/mol. The van der Waals surface area contributed by atoms with Gasteiger partial charge in [-0.1, -0.05) is 49.1 Å². The second-order valence-corrected chi connectivity index (χ2v) is 8.61. The van der Waals surface area contributed by atoms with E-state index in [4.69, 9.17) is 0 Å². The normalized spacial score (nSPS) is 11.4. The van der Waals surface area contributed by atoms with Gasteiger partial charge in [0.2, 0.25) is 0 Å². The number of hydrogen-bond acceptors (Lipinski definition) is 0. The van der Waals surface area contributed by atoms with Gasteiger partial charge in [-0.25, -0.2) is 13.2 Å². The molecule has 0 nitrogen and oxygen atoms in total. The van der Waals surface area contributed by atoms with Crippen LogP contribution in [-0.4, -0.2) is 6.18 Å². The lowest BCUT2D eigenvalue weighted by Crippen LogP contribution is -2.14. The number of halogens is 6. The molecule has 0 heterocycles. The van der Waals surface area contributed by atoms with Crippen LogP contribution < -0.4 is 0 Å². The third-order valence-corrected chi connectivity index (χ3v) is 6.01. The van der Waals surface area contributed by atoms with Gasteiger partial charge in [-0.15, -0.1) is 0 Å². The van der Waals surface area contributed by atoms with Crippen LogP contribution in [0.4, 0.5) is 26.3 Å². The van der Waals surface area contributed by atoms with Gasteiger partial charge in [-0.3, -0.25) is 0 Å². The molecule has 36 heavy (non-hydrogen) atoms. The molecule has 6 heteroatoms. The molecule has 0 saturated heterocycles. The summed E-state index contributed by atoms with van der Waals surface area (Å²) >= 11 is 0.